The summed E-state index contributed by atoms with van der Waals surface area (Å²) in [5.41, 5.74) is 10.9. The summed E-state index contributed by atoms with van der Waals surface area (Å²) in [6.45, 7) is 0.519. The maximum absolute atomic E-state index is 12.7. The van der Waals surface area contributed by atoms with Crippen LogP contribution in [0, 0.1) is 0 Å². The number of aromatic nitrogens is 1. The molecule has 0 unspecified atom stereocenters. The van der Waals surface area contributed by atoms with Crippen molar-refractivity contribution in [2.75, 3.05) is 33.3 Å². The summed E-state index contributed by atoms with van der Waals surface area (Å²) < 4.78 is 44.5. The number of carbonyl (C=O) groups is 1. The fourth-order valence-corrected chi connectivity index (χ4v) is 4.12. The molecule has 0 radical (unpaired) electrons. The first-order valence-corrected chi connectivity index (χ1v) is 9.83. The van der Waals surface area contributed by atoms with Crippen LogP contribution in [0.4, 0.5) is 9.18 Å². The van der Waals surface area contributed by atoms with Crippen LogP contribution in [0.3, 0.4) is 0 Å². The van der Waals surface area contributed by atoms with Gasteiger partial charge in [-0.3, -0.25) is 0 Å². The van der Waals surface area contributed by atoms with Gasteiger partial charge in [-0.05, 0) is 18.9 Å². The lowest BCUT2D eigenvalue weighted by Gasteiger charge is -2.35. The van der Waals surface area contributed by atoms with Crippen LogP contribution in [0.5, 0.6) is 5.88 Å². The molecule has 2 rings (SSSR count). The highest BCUT2D eigenvalue weighted by atomic mass is 32.2. The minimum absolute atomic E-state index is 0.0177. The third-order valence-corrected chi connectivity index (χ3v) is 6.37. The van der Waals surface area contributed by atoms with E-state index in [9.17, 15) is 17.6 Å². The third kappa shape index (κ3) is 5.15. The largest absolute Gasteiger partial charge is 0.473 e. The monoisotopic (exact) mass is 401 g/mol. The molecule has 11 heteroatoms. The average Bonchev–Trinajstić information content (AvgIpc) is 2.68. The number of urea groups is 1. The standard InChI is InChI=1S/C16H24FN5O4S/c1-21(16(19)23)13-4-6-22(7-5-13)27(24,25)14-2-3-15(20-10-14)26-11-12(8-17)9-18/h2-3,8,10,13H,4-7,9,11,18H2,1H3,(H2,19,23)/b12-8+. The highest BCUT2D eigenvalue weighted by Gasteiger charge is 2.31. The molecule has 0 aromatic carbocycles. The van der Waals surface area contributed by atoms with E-state index in [-0.39, 0.29) is 48.6 Å². The van der Waals surface area contributed by atoms with Crippen molar-refractivity contribution >= 4 is 16.1 Å². The maximum Gasteiger partial charge on any atom is 0.314 e. The molecule has 2 amide bonds. The summed E-state index contributed by atoms with van der Waals surface area (Å²) >= 11 is 0. The average molecular weight is 401 g/mol. The van der Waals surface area contributed by atoms with E-state index < -0.39 is 16.1 Å². The zero-order chi connectivity index (χ0) is 20.0. The molecule has 1 saturated heterocycles. The van der Waals surface area contributed by atoms with E-state index in [0.29, 0.717) is 19.2 Å². The van der Waals surface area contributed by atoms with Crippen molar-refractivity contribution in [2.45, 2.75) is 23.8 Å². The first-order chi connectivity index (χ1) is 12.8. The van der Waals surface area contributed by atoms with Gasteiger partial charge in [0.05, 0.1) is 12.5 Å². The summed E-state index contributed by atoms with van der Waals surface area (Å²) in [6.07, 6.45) is 2.58. The first kappa shape index (κ1) is 21.1. The molecular formula is C16H24FN5O4S. The molecule has 0 aliphatic carbocycles. The lowest BCUT2D eigenvalue weighted by atomic mass is 10.1. The van der Waals surface area contributed by atoms with E-state index in [4.69, 9.17) is 16.2 Å². The summed E-state index contributed by atoms with van der Waals surface area (Å²) in [6, 6.07) is 2.19. The van der Waals surface area contributed by atoms with Crippen LogP contribution < -0.4 is 16.2 Å². The van der Waals surface area contributed by atoms with Gasteiger partial charge in [-0.1, -0.05) is 0 Å². The van der Waals surface area contributed by atoms with Crippen molar-refractivity contribution in [1.29, 1.82) is 0 Å². The van der Waals surface area contributed by atoms with Gasteiger partial charge in [-0.15, -0.1) is 0 Å². The predicted octanol–water partition coefficient (Wildman–Crippen LogP) is 0.436. The molecule has 1 aliphatic heterocycles. The summed E-state index contributed by atoms with van der Waals surface area (Å²) in [7, 11) is -2.09. The Labute approximate surface area is 157 Å². The molecule has 1 aromatic rings. The Kier molecular flexibility index (Phi) is 7.11. The molecule has 0 bridgehead atoms. The van der Waals surface area contributed by atoms with Gasteiger partial charge in [0.25, 0.3) is 0 Å². The summed E-state index contributed by atoms with van der Waals surface area (Å²) in [4.78, 5) is 16.7. The van der Waals surface area contributed by atoms with Gasteiger partial charge in [-0.2, -0.15) is 4.31 Å². The molecule has 27 heavy (non-hydrogen) atoms. The number of carbonyl (C=O) groups excluding carboxylic acids is 1. The molecular weight excluding hydrogens is 377 g/mol. The van der Waals surface area contributed by atoms with Crippen LogP contribution in [0.25, 0.3) is 0 Å². The Morgan fingerprint density at radius 2 is 2.11 bits per heavy atom. The van der Waals surface area contributed by atoms with Crippen LogP contribution >= 0.6 is 0 Å². The van der Waals surface area contributed by atoms with Gasteiger partial charge in [0.15, 0.2) is 0 Å². The van der Waals surface area contributed by atoms with Gasteiger partial charge >= 0.3 is 6.03 Å². The fourth-order valence-electron chi connectivity index (χ4n) is 2.71. The van der Waals surface area contributed by atoms with Crippen molar-refractivity contribution in [3.63, 3.8) is 0 Å². The van der Waals surface area contributed by atoms with Crippen LogP contribution in [0.2, 0.25) is 0 Å². The molecule has 1 aromatic heterocycles. The molecule has 1 fully saturated rings. The number of amides is 2. The smallest absolute Gasteiger partial charge is 0.314 e. The number of halogens is 1. The van der Waals surface area contributed by atoms with E-state index in [1.807, 2.05) is 0 Å². The zero-order valence-corrected chi connectivity index (χ0v) is 15.9. The third-order valence-electron chi connectivity index (χ3n) is 4.49. The van der Waals surface area contributed by atoms with Gasteiger partial charge < -0.3 is 21.1 Å². The highest BCUT2D eigenvalue weighted by molar-refractivity contribution is 7.89. The molecule has 0 saturated carbocycles. The number of nitrogens with two attached hydrogens (primary N) is 2. The minimum Gasteiger partial charge on any atom is -0.473 e. The van der Waals surface area contributed by atoms with E-state index >= 15 is 0 Å². The number of primary amides is 1. The van der Waals surface area contributed by atoms with Gasteiger partial charge in [0.2, 0.25) is 15.9 Å². The second kappa shape index (κ2) is 9.11. The number of pyridine rings is 1. The highest BCUT2D eigenvalue weighted by Crippen LogP contribution is 2.23. The Balaban J connectivity index is 2.00. The number of nitrogens with zero attached hydrogens (tertiary/aromatic N) is 3. The van der Waals surface area contributed by atoms with Crippen molar-refractivity contribution in [3.8, 4) is 5.88 Å². The van der Waals surface area contributed by atoms with Crippen molar-refractivity contribution < 1.29 is 22.3 Å². The topological polar surface area (TPSA) is 132 Å². The Morgan fingerprint density at radius 3 is 2.59 bits per heavy atom. The number of hydrogen-bond donors (Lipinski definition) is 2. The van der Waals surface area contributed by atoms with Crippen LogP contribution in [-0.2, 0) is 10.0 Å². The Bertz CT molecular complexity index is 777. The second-order valence-corrected chi connectivity index (χ2v) is 8.11. The summed E-state index contributed by atoms with van der Waals surface area (Å²) in [5.74, 6) is 0.170. The maximum atomic E-state index is 12.7. The molecule has 2 heterocycles. The number of piperidine rings is 1. The lowest BCUT2D eigenvalue weighted by Crippen LogP contribution is -2.48. The van der Waals surface area contributed by atoms with Gasteiger partial charge in [0, 0.05) is 44.4 Å². The number of rotatable bonds is 7. The number of sulfonamides is 1. The van der Waals surface area contributed by atoms with E-state index in [1.165, 1.54) is 27.5 Å². The molecule has 4 N–H and O–H groups in total. The Morgan fingerprint density at radius 1 is 1.44 bits per heavy atom. The van der Waals surface area contributed by atoms with Crippen LogP contribution in [-0.4, -0.2) is 68.0 Å². The number of hydrogen-bond acceptors (Lipinski definition) is 6. The first-order valence-electron chi connectivity index (χ1n) is 8.39. The van der Waals surface area contributed by atoms with Gasteiger partial charge in [-0.25, -0.2) is 22.6 Å². The minimum atomic E-state index is -3.70. The SMILES string of the molecule is CN(C(N)=O)C1CCN(S(=O)(=O)c2ccc(OC/C(=C/F)CN)nc2)CC1. The molecule has 150 valence electrons. The molecule has 0 spiro atoms. The Hall–Kier alpha value is -2.24. The van der Waals surface area contributed by atoms with E-state index in [2.05, 4.69) is 4.98 Å². The zero-order valence-electron chi connectivity index (χ0n) is 15.0. The quantitative estimate of drug-likeness (QED) is 0.681. The number of ether oxygens (including phenoxy) is 1. The van der Waals surface area contributed by atoms with Gasteiger partial charge in [0.1, 0.15) is 11.5 Å². The molecule has 9 nitrogen and oxygen atoms in total. The van der Waals surface area contributed by atoms with E-state index in [1.54, 1.807) is 7.05 Å². The molecule has 1 aliphatic rings. The summed E-state index contributed by atoms with van der Waals surface area (Å²) in [5, 5.41) is 0. The molecule has 0 atom stereocenters. The van der Waals surface area contributed by atoms with Crippen molar-refractivity contribution in [1.82, 2.24) is 14.2 Å². The van der Waals surface area contributed by atoms with E-state index in [0.717, 1.165) is 0 Å². The van der Waals surface area contributed by atoms with Crippen LogP contribution in [0.1, 0.15) is 12.8 Å². The fraction of sp³-hybridized carbons (Fsp3) is 0.500. The predicted molar refractivity (Wildman–Crippen MR) is 97.1 cm³/mol. The van der Waals surface area contributed by atoms with Crippen LogP contribution in [0.15, 0.2) is 35.1 Å². The lowest BCUT2D eigenvalue weighted by molar-refractivity contribution is 0.170. The second-order valence-electron chi connectivity index (χ2n) is 6.18. The van der Waals surface area contributed by atoms with Crippen molar-refractivity contribution in [3.05, 3.63) is 30.2 Å². The van der Waals surface area contributed by atoms with Crippen molar-refractivity contribution in [2.24, 2.45) is 11.5 Å². The normalized spacial score (nSPS) is 16.9.